The highest BCUT2D eigenvalue weighted by molar-refractivity contribution is 6.13. The molecule has 1 aliphatic heterocycles. The van der Waals surface area contributed by atoms with Crippen LogP contribution in [-0.4, -0.2) is 27.2 Å². The van der Waals surface area contributed by atoms with Crippen LogP contribution in [0, 0.1) is 5.82 Å². The molecule has 158 valence electrons. The van der Waals surface area contributed by atoms with Gasteiger partial charge in [0.05, 0.1) is 17.1 Å². The van der Waals surface area contributed by atoms with Gasteiger partial charge in [0.2, 0.25) is 0 Å². The van der Waals surface area contributed by atoms with Crippen molar-refractivity contribution in [3.63, 3.8) is 0 Å². The number of benzene rings is 1. The summed E-state index contributed by atoms with van der Waals surface area (Å²) >= 11 is 0. The Balaban J connectivity index is 2.01. The first-order chi connectivity index (χ1) is 15.0. The van der Waals surface area contributed by atoms with E-state index in [4.69, 9.17) is 16.2 Å². The molecule has 7 nitrogen and oxygen atoms in total. The number of nitrogen functional groups attached to an aromatic ring is 1. The lowest BCUT2D eigenvalue weighted by Crippen LogP contribution is -2.16. The largest absolute Gasteiger partial charge is 0.482 e. The van der Waals surface area contributed by atoms with E-state index >= 15 is 0 Å². The fourth-order valence-corrected chi connectivity index (χ4v) is 3.68. The Morgan fingerprint density at radius 2 is 2.03 bits per heavy atom. The van der Waals surface area contributed by atoms with E-state index in [0.717, 1.165) is 16.7 Å². The predicted molar refractivity (Wildman–Crippen MR) is 118 cm³/mol. The SMILES string of the molecule is CCN=C1C(=CN)Cc2nccnc2-c2ccc(F)cc2[C@@H](C)Oc2cc1cnc2N. The highest BCUT2D eigenvalue weighted by Crippen LogP contribution is 2.35. The third kappa shape index (κ3) is 3.96. The molecular weight excluding hydrogens is 395 g/mol. The van der Waals surface area contributed by atoms with E-state index in [-0.39, 0.29) is 11.6 Å². The van der Waals surface area contributed by atoms with Gasteiger partial charge in [-0.25, -0.2) is 9.37 Å². The van der Waals surface area contributed by atoms with Crippen molar-refractivity contribution in [1.29, 1.82) is 0 Å². The number of hydrogen-bond donors (Lipinski definition) is 2. The van der Waals surface area contributed by atoms with E-state index in [1.807, 2.05) is 13.8 Å². The van der Waals surface area contributed by atoms with Gasteiger partial charge in [-0.2, -0.15) is 0 Å². The zero-order valence-corrected chi connectivity index (χ0v) is 17.3. The molecule has 2 aromatic heterocycles. The van der Waals surface area contributed by atoms with Gasteiger partial charge >= 0.3 is 0 Å². The molecule has 31 heavy (non-hydrogen) atoms. The van der Waals surface area contributed by atoms with E-state index in [9.17, 15) is 4.39 Å². The van der Waals surface area contributed by atoms with Gasteiger partial charge in [0.15, 0.2) is 11.6 Å². The van der Waals surface area contributed by atoms with Crippen molar-refractivity contribution in [3.8, 4) is 17.0 Å². The number of anilines is 1. The third-order valence-corrected chi connectivity index (χ3v) is 5.12. The molecule has 1 atom stereocenters. The number of nitrogens with zero attached hydrogens (tertiary/aromatic N) is 4. The molecule has 1 aliphatic rings. The van der Waals surface area contributed by atoms with Gasteiger partial charge in [0, 0.05) is 48.2 Å². The molecule has 4 N–H and O–H groups in total. The van der Waals surface area contributed by atoms with Crippen molar-refractivity contribution < 1.29 is 9.13 Å². The molecule has 0 fully saturated rings. The van der Waals surface area contributed by atoms with E-state index in [0.29, 0.717) is 41.4 Å². The lowest BCUT2D eigenvalue weighted by Gasteiger charge is -2.22. The molecular formula is C23H23FN6O. The van der Waals surface area contributed by atoms with Crippen LogP contribution in [0.4, 0.5) is 10.2 Å². The average molecular weight is 418 g/mol. The molecule has 8 heteroatoms. The molecule has 3 heterocycles. The van der Waals surface area contributed by atoms with Gasteiger partial charge in [0.1, 0.15) is 11.9 Å². The van der Waals surface area contributed by atoms with Crippen molar-refractivity contribution in [2.75, 3.05) is 12.3 Å². The number of allylic oxidation sites excluding steroid dienone is 1. The Morgan fingerprint density at radius 3 is 2.81 bits per heavy atom. The van der Waals surface area contributed by atoms with Crippen LogP contribution in [0.5, 0.6) is 5.75 Å². The smallest absolute Gasteiger partial charge is 0.166 e. The first-order valence-corrected chi connectivity index (χ1v) is 9.99. The third-order valence-electron chi connectivity index (χ3n) is 5.12. The van der Waals surface area contributed by atoms with E-state index in [1.54, 1.807) is 30.7 Å². The summed E-state index contributed by atoms with van der Waals surface area (Å²) in [5.74, 6) is 0.256. The lowest BCUT2D eigenvalue weighted by molar-refractivity contribution is 0.227. The number of rotatable bonds is 1. The number of aliphatic imine (C=N–C) groups is 1. The maximum atomic E-state index is 14.2. The fraction of sp³-hybridized carbons (Fsp3) is 0.217. The first kappa shape index (κ1) is 20.5. The summed E-state index contributed by atoms with van der Waals surface area (Å²) in [5, 5.41) is 0. The zero-order valence-electron chi connectivity index (χ0n) is 17.3. The molecule has 0 saturated heterocycles. The van der Waals surface area contributed by atoms with Crippen molar-refractivity contribution >= 4 is 11.5 Å². The molecule has 0 unspecified atom stereocenters. The topological polar surface area (TPSA) is 112 Å². The molecule has 0 aliphatic carbocycles. The minimum absolute atomic E-state index is 0.236. The van der Waals surface area contributed by atoms with Crippen molar-refractivity contribution in [2.45, 2.75) is 26.4 Å². The maximum Gasteiger partial charge on any atom is 0.166 e. The number of pyridine rings is 1. The van der Waals surface area contributed by atoms with Gasteiger partial charge in [-0.05, 0) is 49.9 Å². The summed E-state index contributed by atoms with van der Waals surface area (Å²) in [4.78, 5) is 18.0. The Hall–Kier alpha value is -3.81. The number of hydrogen-bond acceptors (Lipinski definition) is 7. The van der Waals surface area contributed by atoms with E-state index in [1.165, 1.54) is 18.3 Å². The Morgan fingerprint density at radius 1 is 1.23 bits per heavy atom. The standard InChI is InChI=1S/C23H23FN6O/c1-3-27-21-14(11-25)8-19-22(29-7-6-28-19)17-5-4-16(24)10-18(17)13(2)31-20-9-15(21)12-30-23(20)26/h4-7,9-13H,3,8,25H2,1-2H3,(H2,26,30)/t13-/m1/s1. The maximum absolute atomic E-state index is 14.2. The Kier molecular flexibility index (Phi) is 5.62. The second kappa shape index (κ2) is 8.51. The number of ether oxygens (including phenoxy) is 1. The van der Waals surface area contributed by atoms with Crippen LogP contribution in [0.25, 0.3) is 11.3 Å². The molecule has 0 radical (unpaired) electrons. The normalized spacial score (nSPS) is 18.5. The van der Waals surface area contributed by atoms with Gasteiger partial charge in [-0.3, -0.25) is 15.0 Å². The molecule has 0 amide bonds. The average Bonchev–Trinajstić information content (AvgIpc) is 2.77. The van der Waals surface area contributed by atoms with Gasteiger partial charge in [-0.15, -0.1) is 0 Å². The second-order valence-corrected chi connectivity index (χ2v) is 7.14. The predicted octanol–water partition coefficient (Wildman–Crippen LogP) is 3.61. The van der Waals surface area contributed by atoms with E-state index in [2.05, 4.69) is 19.9 Å². The molecule has 0 saturated carbocycles. The van der Waals surface area contributed by atoms with E-state index < -0.39 is 6.10 Å². The summed E-state index contributed by atoms with van der Waals surface area (Å²) < 4.78 is 20.3. The zero-order chi connectivity index (χ0) is 22.0. The Bertz CT molecular complexity index is 1190. The number of fused-ring (bicyclic) bond motifs is 5. The van der Waals surface area contributed by atoms with Crippen LogP contribution in [0.1, 0.15) is 36.8 Å². The lowest BCUT2D eigenvalue weighted by atomic mass is 9.94. The molecule has 4 rings (SSSR count). The van der Waals surface area contributed by atoms with Gasteiger partial charge in [-0.1, -0.05) is 0 Å². The van der Waals surface area contributed by atoms with Crippen LogP contribution < -0.4 is 16.2 Å². The first-order valence-electron chi connectivity index (χ1n) is 9.99. The summed E-state index contributed by atoms with van der Waals surface area (Å²) in [7, 11) is 0. The summed E-state index contributed by atoms with van der Waals surface area (Å²) in [6.45, 7) is 4.33. The number of nitrogens with two attached hydrogens (primary N) is 2. The minimum Gasteiger partial charge on any atom is -0.482 e. The van der Waals surface area contributed by atoms with Crippen molar-refractivity contribution in [2.24, 2.45) is 10.7 Å². The van der Waals surface area contributed by atoms with Crippen molar-refractivity contribution in [3.05, 3.63) is 77.3 Å². The van der Waals surface area contributed by atoms with Gasteiger partial charge in [0.25, 0.3) is 0 Å². The Labute approximate surface area is 179 Å². The van der Waals surface area contributed by atoms with Crippen LogP contribution >= 0.6 is 0 Å². The minimum atomic E-state index is -0.518. The van der Waals surface area contributed by atoms with Crippen LogP contribution in [0.2, 0.25) is 0 Å². The van der Waals surface area contributed by atoms with Gasteiger partial charge < -0.3 is 16.2 Å². The molecule has 0 spiro atoms. The highest BCUT2D eigenvalue weighted by atomic mass is 19.1. The summed E-state index contributed by atoms with van der Waals surface area (Å²) in [6, 6.07) is 6.32. The number of halogens is 1. The fourth-order valence-electron chi connectivity index (χ4n) is 3.68. The molecule has 2 bridgehead atoms. The van der Waals surface area contributed by atoms with Crippen molar-refractivity contribution in [1.82, 2.24) is 15.0 Å². The summed E-state index contributed by atoms with van der Waals surface area (Å²) in [6.07, 6.45) is 6.27. The second-order valence-electron chi connectivity index (χ2n) is 7.14. The molecule has 3 aromatic rings. The summed E-state index contributed by atoms with van der Waals surface area (Å²) in [5.41, 5.74) is 17.0. The van der Waals surface area contributed by atoms with Crippen LogP contribution in [-0.2, 0) is 6.42 Å². The monoisotopic (exact) mass is 418 g/mol. The molecule has 1 aromatic carbocycles. The number of aromatic nitrogens is 3. The van der Waals surface area contributed by atoms with Crippen LogP contribution in [0.3, 0.4) is 0 Å². The van der Waals surface area contributed by atoms with Crippen LogP contribution in [0.15, 0.2) is 59.6 Å². The highest BCUT2D eigenvalue weighted by Gasteiger charge is 2.23. The quantitative estimate of drug-likeness (QED) is 0.624.